The highest BCUT2D eigenvalue weighted by Crippen LogP contribution is 2.14. The summed E-state index contributed by atoms with van der Waals surface area (Å²) in [7, 11) is 0. The maximum Gasteiger partial charge on any atom is 0.408 e. The van der Waals surface area contributed by atoms with Crippen molar-refractivity contribution >= 4 is 59.8 Å². The molecule has 0 bridgehead atoms. The van der Waals surface area contributed by atoms with Gasteiger partial charge in [-0.1, -0.05) is 74.5 Å². The summed E-state index contributed by atoms with van der Waals surface area (Å²) in [4.78, 5) is 107. The first kappa shape index (κ1) is 42.0. The fourth-order valence-electron chi connectivity index (χ4n) is 5.15. The summed E-state index contributed by atoms with van der Waals surface area (Å²) in [6.45, 7) is 2.98. The largest absolute Gasteiger partial charge is 0.445 e. The summed E-state index contributed by atoms with van der Waals surface area (Å²) in [6, 6.07) is 12.7. The fraction of sp³-hybridized carbons (Fsp3) is 0.444. The minimum Gasteiger partial charge on any atom is -0.445 e. The number of carbonyl (C=O) groups is 8. The highest BCUT2D eigenvalue weighted by atomic mass is 32.2. The Bertz CT molecular complexity index is 1560. The molecule has 2 aromatic carbocycles. The van der Waals surface area contributed by atoms with E-state index in [1.807, 2.05) is 20.1 Å². The normalized spacial score (nSPS) is 14.7. The quantitative estimate of drug-likeness (QED) is 0.0899. The number of alkyl carbamates (subject to hydrolysis) is 1. The van der Waals surface area contributed by atoms with Gasteiger partial charge in [-0.15, -0.1) is 5.06 Å². The van der Waals surface area contributed by atoms with E-state index in [1.165, 1.54) is 11.8 Å². The lowest BCUT2D eigenvalue weighted by molar-refractivity contribution is -0.198. The van der Waals surface area contributed by atoms with Gasteiger partial charge in [0.1, 0.15) is 30.8 Å². The Morgan fingerprint density at radius 3 is 1.96 bits per heavy atom. The Labute approximate surface area is 311 Å². The van der Waals surface area contributed by atoms with Crippen LogP contribution in [0.1, 0.15) is 50.7 Å². The number of ether oxygens (including phenoxy) is 1. The van der Waals surface area contributed by atoms with E-state index >= 15 is 0 Å². The maximum absolute atomic E-state index is 13.8. The molecule has 2 aromatic rings. The van der Waals surface area contributed by atoms with Crippen LogP contribution in [0.15, 0.2) is 60.7 Å². The van der Waals surface area contributed by atoms with Crippen LogP contribution in [-0.4, -0.2) is 95.8 Å². The Hall–Kier alpha value is -5.45. The molecule has 0 radical (unpaired) electrons. The summed E-state index contributed by atoms with van der Waals surface area (Å²) >= 11 is 1.49. The molecule has 1 saturated heterocycles. The van der Waals surface area contributed by atoms with Gasteiger partial charge in [-0.2, -0.15) is 11.8 Å². The van der Waals surface area contributed by atoms with E-state index in [0.717, 1.165) is 0 Å². The first-order valence-corrected chi connectivity index (χ1v) is 18.5. The van der Waals surface area contributed by atoms with Gasteiger partial charge in [0, 0.05) is 25.8 Å². The zero-order valence-electron chi connectivity index (χ0n) is 29.8. The summed E-state index contributed by atoms with van der Waals surface area (Å²) in [6.07, 6.45) is 1.45. The Morgan fingerprint density at radius 1 is 0.792 bits per heavy atom. The van der Waals surface area contributed by atoms with Crippen LogP contribution in [0.4, 0.5) is 4.79 Å². The first-order valence-electron chi connectivity index (χ1n) is 17.1. The lowest BCUT2D eigenvalue weighted by atomic mass is 10.0. The van der Waals surface area contributed by atoms with Crippen LogP contribution in [0.2, 0.25) is 0 Å². The maximum atomic E-state index is 13.8. The van der Waals surface area contributed by atoms with E-state index in [9.17, 15) is 38.4 Å². The molecule has 0 aliphatic carbocycles. The van der Waals surface area contributed by atoms with E-state index in [2.05, 4.69) is 26.6 Å². The standard InChI is InChI=1S/C36H46N6O10S/c1-23(2)18-27(39-33(47)26(38-22-43)16-17-53-3)34(48)40-28(19-24-10-6-4-7-11-24)32(46)37-20-29(35(49)52-42-30(44)14-15-31(42)45)41-36(50)51-21-25-12-8-5-9-13-25/h4-13,22-23,26-29H,14-21H2,1-3H3,(H,37,46)(H,38,43)(H,39,47)(H,40,48)(H,41,50)/t26-,27-,28-,29-/m0/s1. The second-order valence-corrected chi connectivity index (χ2v) is 13.5. The summed E-state index contributed by atoms with van der Waals surface area (Å²) in [5, 5.41) is 13.1. The number of thioether (sulfide) groups is 1. The zero-order chi connectivity index (χ0) is 38.8. The number of imide groups is 1. The van der Waals surface area contributed by atoms with E-state index in [1.54, 1.807) is 60.7 Å². The van der Waals surface area contributed by atoms with Crippen molar-refractivity contribution in [3.63, 3.8) is 0 Å². The van der Waals surface area contributed by atoms with Crippen molar-refractivity contribution in [3.8, 4) is 0 Å². The molecule has 0 aromatic heterocycles. The molecule has 0 unspecified atom stereocenters. The molecule has 53 heavy (non-hydrogen) atoms. The Morgan fingerprint density at radius 2 is 1.38 bits per heavy atom. The van der Waals surface area contributed by atoms with Gasteiger partial charge >= 0.3 is 12.1 Å². The summed E-state index contributed by atoms with van der Waals surface area (Å²) in [5.41, 5.74) is 1.33. The van der Waals surface area contributed by atoms with Crippen molar-refractivity contribution in [1.82, 2.24) is 31.6 Å². The molecule has 4 atom stereocenters. The van der Waals surface area contributed by atoms with Crippen molar-refractivity contribution in [2.75, 3.05) is 18.6 Å². The smallest absolute Gasteiger partial charge is 0.408 e. The highest BCUT2D eigenvalue weighted by Gasteiger charge is 2.36. The van der Waals surface area contributed by atoms with Crippen molar-refractivity contribution in [2.24, 2.45) is 5.92 Å². The molecule has 1 heterocycles. The molecule has 1 fully saturated rings. The predicted molar refractivity (Wildman–Crippen MR) is 193 cm³/mol. The topological polar surface area (TPSA) is 218 Å². The Kier molecular flexibility index (Phi) is 17.3. The number of hydroxylamine groups is 2. The predicted octanol–water partition coefficient (Wildman–Crippen LogP) is 1.13. The highest BCUT2D eigenvalue weighted by molar-refractivity contribution is 7.98. The molecular formula is C36H46N6O10S. The summed E-state index contributed by atoms with van der Waals surface area (Å²) < 4.78 is 5.22. The molecule has 0 saturated carbocycles. The molecular weight excluding hydrogens is 708 g/mol. The van der Waals surface area contributed by atoms with Crippen LogP contribution in [0.25, 0.3) is 0 Å². The van der Waals surface area contributed by atoms with Crippen molar-refractivity contribution in [3.05, 3.63) is 71.8 Å². The minimum absolute atomic E-state index is 0.00223. The number of carbonyl (C=O) groups excluding carboxylic acids is 8. The number of rotatable bonds is 21. The summed E-state index contributed by atoms with van der Waals surface area (Å²) in [5.74, 6) is -4.17. The van der Waals surface area contributed by atoms with Gasteiger partial charge in [-0.05, 0) is 41.9 Å². The Balaban J connectivity index is 1.79. The van der Waals surface area contributed by atoms with Crippen LogP contribution in [0, 0.1) is 5.92 Å². The lowest BCUT2D eigenvalue weighted by Crippen LogP contribution is -2.58. The first-order chi connectivity index (χ1) is 25.4. The molecule has 1 aliphatic heterocycles. The second kappa shape index (κ2) is 21.8. The van der Waals surface area contributed by atoms with Gasteiger partial charge in [0.05, 0.1) is 0 Å². The number of nitrogens with one attached hydrogen (secondary N) is 5. The second-order valence-electron chi connectivity index (χ2n) is 12.6. The minimum atomic E-state index is -1.63. The van der Waals surface area contributed by atoms with E-state index in [4.69, 9.17) is 9.57 Å². The van der Waals surface area contributed by atoms with Crippen LogP contribution < -0.4 is 26.6 Å². The van der Waals surface area contributed by atoms with Crippen LogP contribution in [0.5, 0.6) is 0 Å². The van der Waals surface area contributed by atoms with Gasteiger partial charge < -0.3 is 36.2 Å². The van der Waals surface area contributed by atoms with Gasteiger partial charge in [-0.3, -0.25) is 28.8 Å². The van der Waals surface area contributed by atoms with Gasteiger partial charge in [0.25, 0.3) is 11.8 Å². The SMILES string of the molecule is CSCC[C@H](NC=O)C(=O)N[C@@H](CC(C)C)C(=O)N[C@@H](Cc1ccccc1)C(=O)NC[C@H](NC(=O)OCc1ccccc1)C(=O)ON1C(=O)CCC1=O. The van der Waals surface area contributed by atoms with Gasteiger partial charge in [-0.25, -0.2) is 9.59 Å². The third kappa shape index (κ3) is 14.2. The number of hydrogen-bond donors (Lipinski definition) is 5. The van der Waals surface area contributed by atoms with E-state index < -0.39 is 72.3 Å². The van der Waals surface area contributed by atoms with E-state index in [-0.39, 0.29) is 38.2 Å². The molecule has 16 nitrogen and oxygen atoms in total. The van der Waals surface area contributed by atoms with E-state index in [0.29, 0.717) is 34.8 Å². The average molecular weight is 755 g/mol. The molecule has 286 valence electrons. The van der Waals surface area contributed by atoms with Crippen LogP contribution in [0.3, 0.4) is 0 Å². The van der Waals surface area contributed by atoms with Crippen LogP contribution in [-0.2, 0) is 56.2 Å². The lowest BCUT2D eigenvalue weighted by Gasteiger charge is -2.26. The van der Waals surface area contributed by atoms with Crippen LogP contribution >= 0.6 is 11.8 Å². The molecule has 7 amide bonds. The van der Waals surface area contributed by atoms with Crippen molar-refractivity contribution in [1.29, 1.82) is 0 Å². The van der Waals surface area contributed by atoms with Crippen molar-refractivity contribution in [2.45, 2.75) is 76.7 Å². The molecule has 17 heteroatoms. The molecule has 0 spiro atoms. The number of amides is 7. The third-order valence-corrected chi connectivity index (χ3v) is 8.55. The molecule has 3 rings (SSSR count). The number of nitrogens with zero attached hydrogens (tertiary/aromatic N) is 1. The monoisotopic (exact) mass is 754 g/mol. The van der Waals surface area contributed by atoms with Crippen molar-refractivity contribution < 1.29 is 47.9 Å². The zero-order valence-corrected chi connectivity index (χ0v) is 30.6. The molecule has 1 aliphatic rings. The number of hydrogen-bond acceptors (Lipinski definition) is 11. The average Bonchev–Trinajstić information content (AvgIpc) is 3.46. The number of benzene rings is 2. The molecule has 5 N–H and O–H groups in total. The third-order valence-electron chi connectivity index (χ3n) is 7.91. The fourth-order valence-corrected chi connectivity index (χ4v) is 5.62. The van der Waals surface area contributed by atoms with Gasteiger partial charge in [0.2, 0.25) is 24.1 Å². The van der Waals surface area contributed by atoms with Gasteiger partial charge in [0.15, 0.2) is 0 Å².